The van der Waals surface area contributed by atoms with Gasteiger partial charge in [0.05, 0.1) is 11.7 Å². The highest BCUT2D eigenvalue weighted by atomic mass is 32.1. The van der Waals surface area contributed by atoms with Crippen molar-refractivity contribution in [1.29, 1.82) is 0 Å². The first-order chi connectivity index (χ1) is 7.54. The summed E-state index contributed by atoms with van der Waals surface area (Å²) in [7, 11) is 0. The van der Waals surface area contributed by atoms with E-state index in [1.54, 1.807) is 11.3 Å². The van der Waals surface area contributed by atoms with Crippen molar-refractivity contribution < 1.29 is 9.90 Å². The number of amides is 1. The number of hydrogen-bond acceptors (Lipinski definition) is 3. The predicted molar refractivity (Wildman–Crippen MR) is 67.0 cm³/mol. The van der Waals surface area contributed by atoms with Gasteiger partial charge >= 0.3 is 0 Å². The summed E-state index contributed by atoms with van der Waals surface area (Å²) in [5, 5.41) is 12.2. The van der Waals surface area contributed by atoms with Crippen molar-refractivity contribution in [3.8, 4) is 0 Å². The van der Waals surface area contributed by atoms with Gasteiger partial charge in [-0.1, -0.05) is 6.92 Å². The van der Waals surface area contributed by atoms with E-state index in [1.165, 1.54) is 0 Å². The molecule has 2 N–H and O–H groups in total. The molecule has 0 aliphatic rings. The molecule has 4 heteroatoms. The molecule has 1 atom stereocenters. The zero-order valence-electron chi connectivity index (χ0n) is 10.0. The molecule has 1 aromatic rings. The molecule has 0 radical (unpaired) electrons. The Labute approximate surface area is 100 Å². The second-order valence-electron chi connectivity index (χ2n) is 3.93. The van der Waals surface area contributed by atoms with Crippen LogP contribution in [0.15, 0.2) is 6.07 Å². The summed E-state index contributed by atoms with van der Waals surface area (Å²) in [6.45, 7) is 6.41. The number of thiophene rings is 1. The first-order valence-corrected chi connectivity index (χ1v) is 6.39. The zero-order chi connectivity index (χ0) is 12.1. The van der Waals surface area contributed by atoms with Crippen molar-refractivity contribution in [3.63, 3.8) is 0 Å². The van der Waals surface area contributed by atoms with Crippen LogP contribution in [0.25, 0.3) is 0 Å². The van der Waals surface area contributed by atoms with Gasteiger partial charge < -0.3 is 10.4 Å². The fourth-order valence-electron chi connectivity index (χ4n) is 1.51. The van der Waals surface area contributed by atoms with E-state index in [9.17, 15) is 9.90 Å². The molecule has 1 amide bonds. The maximum Gasteiger partial charge on any atom is 0.252 e. The SMILES string of the molecule is CCC(O)CCNC(=O)c1cc(C)sc1C. The number of nitrogens with one attached hydrogen (secondary N) is 1. The molecule has 16 heavy (non-hydrogen) atoms. The Morgan fingerprint density at radius 3 is 2.75 bits per heavy atom. The minimum atomic E-state index is -0.314. The molecule has 0 saturated carbocycles. The summed E-state index contributed by atoms with van der Waals surface area (Å²) < 4.78 is 0. The lowest BCUT2D eigenvalue weighted by molar-refractivity contribution is 0.0942. The van der Waals surface area contributed by atoms with Gasteiger partial charge in [0.2, 0.25) is 0 Å². The van der Waals surface area contributed by atoms with Crippen molar-refractivity contribution >= 4 is 17.2 Å². The fourth-order valence-corrected chi connectivity index (χ4v) is 2.43. The van der Waals surface area contributed by atoms with Crippen molar-refractivity contribution in [2.24, 2.45) is 0 Å². The van der Waals surface area contributed by atoms with E-state index < -0.39 is 0 Å². The van der Waals surface area contributed by atoms with Crippen molar-refractivity contribution in [2.75, 3.05) is 6.54 Å². The molecule has 90 valence electrons. The topological polar surface area (TPSA) is 49.3 Å². The lowest BCUT2D eigenvalue weighted by Gasteiger charge is -2.08. The molecule has 0 bridgehead atoms. The molecule has 0 aromatic carbocycles. The first-order valence-electron chi connectivity index (χ1n) is 5.58. The van der Waals surface area contributed by atoms with Gasteiger partial charge in [-0.2, -0.15) is 0 Å². The molecule has 1 aromatic heterocycles. The highest BCUT2D eigenvalue weighted by Gasteiger charge is 2.11. The quantitative estimate of drug-likeness (QED) is 0.830. The van der Waals surface area contributed by atoms with Crippen LogP contribution in [-0.4, -0.2) is 23.7 Å². The van der Waals surface area contributed by atoms with Crippen LogP contribution in [0, 0.1) is 13.8 Å². The Hall–Kier alpha value is -0.870. The Morgan fingerprint density at radius 2 is 2.25 bits per heavy atom. The largest absolute Gasteiger partial charge is 0.393 e. The van der Waals surface area contributed by atoms with Gasteiger partial charge in [0, 0.05) is 16.3 Å². The number of rotatable bonds is 5. The van der Waals surface area contributed by atoms with Crippen molar-refractivity contribution in [1.82, 2.24) is 5.32 Å². The minimum absolute atomic E-state index is 0.0369. The number of carbonyl (C=O) groups excluding carboxylic acids is 1. The molecule has 0 aliphatic carbocycles. The van der Waals surface area contributed by atoms with E-state index in [-0.39, 0.29) is 12.0 Å². The predicted octanol–water partition coefficient (Wildman–Crippen LogP) is 2.26. The highest BCUT2D eigenvalue weighted by molar-refractivity contribution is 7.12. The lowest BCUT2D eigenvalue weighted by atomic mass is 10.2. The molecule has 0 spiro atoms. The van der Waals surface area contributed by atoms with E-state index in [0.717, 1.165) is 21.7 Å². The van der Waals surface area contributed by atoms with Crippen LogP contribution in [0.2, 0.25) is 0 Å². The average molecular weight is 241 g/mol. The van der Waals surface area contributed by atoms with E-state index >= 15 is 0 Å². The normalized spacial score (nSPS) is 12.5. The van der Waals surface area contributed by atoms with Gasteiger partial charge in [-0.25, -0.2) is 0 Å². The maximum absolute atomic E-state index is 11.8. The van der Waals surface area contributed by atoms with Crippen molar-refractivity contribution in [3.05, 3.63) is 21.4 Å². The zero-order valence-corrected chi connectivity index (χ0v) is 10.9. The van der Waals surface area contributed by atoms with E-state index in [0.29, 0.717) is 13.0 Å². The van der Waals surface area contributed by atoms with Gasteiger partial charge in [-0.15, -0.1) is 11.3 Å². The summed E-state index contributed by atoms with van der Waals surface area (Å²) in [6.07, 6.45) is 1.03. The third-order valence-electron chi connectivity index (χ3n) is 2.52. The molecule has 0 fully saturated rings. The smallest absolute Gasteiger partial charge is 0.252 e. The van der Waals surface area contributed by atoms with Gasteiger partial charge in [0.25, 0.3) is 5.91 Å². The van der Waals surface area contributed by atoms with Gasteiger partial charge in [-0.05, 0) is 32.8 Å². The third kappa shape index (κ3) is 3.61. The van der Waals surface area contributed by atoms with Crippen molar-refractivity contribution in [2.45, 2.75) is 39.7 Å². The number of aliphatic hydroxyl groups is 1. The van der Waals surface area contributed by atoms with Crippen LogP contribution in [0.5, 0.6) is 0 Å². The Balaban J connectivity index is 2.44. The minimum Gasteiger partial charge on any atom is -0.393 e. The first kappa shape index (κ1) is 13.2. The summed E-state index contributed by atoms with van der Waals surface area (Å²) in [6, 6.07) is 1.91. The molecule has 1 unspecified atom stereocenters. The van der Waals surface area contributed by atoms with E-state index in [4.69, 9.17) is 0 Å². The van der Waals surface area contributed by atoms with Crippen LogP contribution in [0.1, 0.15) is 39.9 Å². The van der Waals surface area contributed by atoms with E-state index in [2.05, 4.69) is 5.32 Å². The van der Waals surface area contributed by atoms with Crippen LogP contribution in [-0.2, 0) is 0 Å². The molecule has 0 saturated heterocycles. The second-order valence-corrected chi connectivity index (χ2v) is 5.39. The van der Waals surface area contributed by atoms with Gasteiger partial charge in [0.15, 0.2) is 0 Å². The standard InChI is InChI=1S/C12H19NO2S/c1-4-10(14)5-6-13-12(15)11-7-8(2)16-9(11)3/h7,10,14H,4-6H2,1-3H3,(H,13,15). The number of aryl methyl sites for hydroxylation is 2. The number of hydrogen-bond donors (Lipinski definition) is 2. The Bertz CT molecular complexity index is 360. The number of aliphatic hydroxyl groups excluding tert-OH is 1. The Morgan fingerprint density at radius 1 is 1.56 bits per heavy atom. The maximum atomic E-state index is 11.8. The second kappa shape index (κ2) is 6.01. The van der Waals surface area contributed by atoms with Gasteiger partial charge in [-0.3, -0.25) is 4.79 Å². The van der Waals surface area contributed by atoms with Crippen LogP contribution >= 0.6 is 11.3 Å². The fraction of sp³-hybridized carbons (Fsp3) is 0.583. The summed E-state index contributed by atoms with van der Waals surface area (Å²) in [5.74, 6) is -0.0369. The highest BCUT2D eigenvalue weighted by Crippen LogP contribution is 2.20. The molecule has 0 aliphatic heterocycles. The third-order valence-corrected chi connectivity index (χ3v) is 3.49. The molecular formula is C12H19NO2S. The summed E-state index contributed by atoms with van der Waals surface area (Å²) in [5.41, 5.74) is 0.758. The molecular weight excluding hydrogens is 222 g/mol. The van der Waals surface area contributed by atoms with Gasteiger partial charge in [0.1, 0.15) is 0 Å². The monoisotopic (exact) mass is 241 g/mol. The van der Waals surface area contributed by atoms with Crippen LogP contribution < -0.4 is 5.32 Å². The molecule has 1 heterocycles. The average Bonchev–Trinajstić information content (AvgIpc) is 2.57. The van der Waals surface area contributed by atoms with Crippen LogP contribution in [0.4, 0.5) is 0 Å². The summed E-state index contributed by atoms with van der Waals surface area (Å²) >= 11 is 1.63. The molecule has 3 nitrogen and oxygen atoms in total. The van der Waals surface area contributed by atoms with E-state index in [1.807, 2.05) is 26.8 Å². The molecule has 1 rings (SSSR count). The van der Waals surface area contributed by atoms with Crippen LogP contribution in [0.3, 0.4) is 0 Å². The Kier molecular flexibility index (Phi) is 4.96. The number of carbonyl (C=O) groups is 1. The summed E-state index contributed by atoms with van der Waals surface area (Å²) in [4.78, 5) is 14.0. The lowest BCUT2D eigenvalue weighted by Crippen LogP contribution is -2.27.